The van der Waals surface area contributed by atoms with E-state index in [0.29, 0.717) is 18.3 Å². The molecular weight excluding hydrogens is 356 g/mol. The zero-order valence-electron chi connectivity index (χ0n) is 16.8. The second-order valence-electron chi connectivity index (χ2n) is 7.49. The Bertz CT molecular complexity index is 806. The van der Waals surface area contributed by atoms with Gasteiger partial charge < -0.3 is 15.1 Å². The van der Waals surface area contributed by atoms with Crippen LogP contribution >= 0.6 is 0 Å². The average Bonchev–Trinajstić information content (AvgIpc) is 2.68. The van der Waals surface area contributed by atoms with Crippen LogP contribution in [-0.2, 0) is 6.54 Å². The summed E-state index contributed by atoms with van der Waals surface area (Å²) in [5.74, 6) is 1.18. The topological polar surface area (TPSA) is 87.4 Å². The van der Waals surface area contributed by atoms with E-state index in [9.17, 15) is 10.1 Å². The lowest BCUT2D eigenvalue weighted by Crippen LogP contribution is -2.32. The quantitative estimate of drug-likeness (QED) is 0.573. The third-order valence-electron chi connectivity index (χ3n) is 4.72. The highest BCUT2D eigenvalue weighted by molar-refractivity contribution is 5.73. The Kier molecular flexibility index (Phi) is 6.28. The van der Waals surface area contributed by atoms with Gasteiger partial charge in [0.15, 0.2) is 0 Å². The lowest BCUT2D eigenvalue weighted by molar-refractivity contribution is -0.383. The van der Waals surface area contributed by atoms with Crippen molar-refractivity contribution in [1.29, 1.82) is 0 Å². The molecule has 8 heteroatoms. The van der Waals surface area contributed by atoms with Gasteiger partial charge in [0.1, 0.15) is 0 Å². The van der Waals surface area contributed by atoms with Crippen LogP contribution in [0.4, 0.5) is 23.3 Å². The fourth-order valence-corrected chi connectivity index (χ4v) is 3.41. The van der Waals surface area contributed by atoms with Gasteiger partial charge >= 0.3 is 5.69 Å². The molecule has 1 saturated heterocycles. The second-order valence-corrected chi connectivity index (χ2v) is 7.49. The predicted molar refractivity (Wildman–Crippen MR) is 112 cm³/mol. The Morgan fingerprint density at radius 3 is 2.46 bits per heavy atom. The molecule has 1 aromatic carbocycles. The third-order valence-corrected chi connectivity index (χ3v) is 4.72. The molecule has 0 atom stereocenters. The molecule has 0 bridgehead atoms. The number of nitrogens with one attached hydrogen (secondary N) is 1. The minimum absolute atomic E-state index is 0.0232. The number of rotatable bonds is 7. The molecule has 2 aromatic rings. The number of nitrogens with zero attached hydrogens (tertiary/aromatic N) is 5. The summed E-state index contributed by atoms with van der Waals surface area (Å²) in [7, 11) is 1.83. The van der Waals surface area contributed by atoms with Gasteiger partial charge in [-0.15, -0.1) is 0 Å². The van der Waals surface area contributed by atoms with E-state index in [1.54, 1.807) is 0 Å². The summed E-state index contributed by atoms with van der Waals surface area (Å²) in [5.41, 5.74) is 0.990. The molecule has 0 amide bonds. The van der Waals surface area contributed by atoms with Crippen LogP contribution in [0.5, 0.6) is 0 Å². The van der Waals surface area contributed by atoms with E-state index in [-0.39, 0.29) is 22.5 Å². The average molecular weight is 384 g/mol. The van der Waals surface area contributed by atoms with Gasteiger partial charge in [-0.1, -0.05) is 30.3 Å². The lowest BCUT2D eigenvalue weighted by Gasteiger charge is -2.28. The maximum Gasteiger partial charge on any atom is 0.353 e. The molecule has 1 aliphatic heterocycles. The van der Waals surface area contributed by atoms with Crippen LogP contribution in [0.15, 0.2) is 30.3 Å². The van der Waals surface area contributed by atoms with Crippen molar-refractivity contribution < 1.29 is 4.92 Å². The minimum atomic E-state index is -0.387. The van der Waals surface area contributed by atoms with Crippen molar-refractivity contribution in [2.75, 3.05) is 35.3 Å². The summed E-state index contributed by atoms with van der Waals surface area (Å²) < 4.78 is 0. The largest absolute Gasteiger partial charge is 0.362 e. The predicted octanol–water partition coefficient (Wildman–Crippen LogP) is 3.83. The molecule has 0 spiro atoms. The smallest absolute Gasteiger partial charge is 0.353 e. The van der Waals surface area contributed by atoms with Crippen LogP contribution < -0.4 is 15.1 Å². The zero-order valence-corrected chi connectivity index (χ0v) is 16.8. The van der Waals surface area contributed by atoms with Gasteiger partial charge in [-0.25, -0.2) is 0 Å². The van der Waals surface area contributed by atoms with Gasteiger partial charge in [0.25, 0.3) is 0 Å². The molecule has 1 aromatic heterocycles. The van der Waals surface area contributed by atoms with Crippen molar-refractivity contribution in [3.63, 3.8) is 0 Å². The van der Waals surface area contributed by atoms with Gasteiger partial charge in [0, 0.05) is 32.7 Å². The van der Waals surface area contributed by atoms with Crippen LogP contribution in [0.25, 0.3) is 0 Å². The highest BCUT2D eigenvalue weighted by Gasteiger charge is 2.29. The molecule has 0 unspecified atom stereocenters. The summed E-state index contributed by atoms with van der Waals surface area (Å²) in [4.78, 5) is 24.7. The van der Waals surface area contributed by atoms with Crippen LogP contribution in [0.2, 0.25) is 0 Å². The van der Waals surface area contributed by atoms with Crippen molar-refractivity contribution in [2.24, 2.45) is 0 Å². The van der Waals surface area contributed by atoms with Crippen molar-refractivity contribution in [1.82, 2.24) is 9.97 Å². The molecule has 1 N–H and O–H groups in total. The molecule has 1 fully saturated rings. The number of hydrogen-bond acceptors (Lipinski definition) is 7. The van der Waals surface area contributed by atoms with Gasteiger partial charge in [-0.2, -0.15) is 9.97 Å². The first-order chi connectivity index (χ1) is 13.5. The molecule has 1 aliphatic rings. The molecule has 0 radical (unpaired) electrons. The van der Waals surface area contributed by atoms with E-state index in [1.807, 2.05) is 56.1 Å². The molecule has 0 aliphatic carbocycles. The van der Waals surface area contributed by atoms with Crippen LogP contribution in [-0.4, -0.2) is 41.1 Å². The minimum Gasteiger partial charge on any atom is -0.362 e. The highest BCUT2D eigenvalue weighted by atomic mass is 16.6. The van der Waals surface area contributed by atoms with Crippen molar-refractivity contribution in [3.05, 3.63) is 46.0 Å². The molecule has 150 valence electrons. The molecule has 2 heterocycles. The highest BCUT2D eigenvalue weighted by Crippen LogP contribution is 2.35. The molecule has 28 heavy (non-hydrogen) atoms. The molecule has 0 saturated carbocycles. The number of piperidine rings is 1. The van der Waals surface area contributed by atoms with Crippen molar-refractivity contribution in [2.45, 2.75) is 45.7 Å². The Balaban J connectivity index is 2.04. The molecular formula is C20H28N6O2. The Morgan fingerprint density at radius 1 is 1.18 bits per heavy atom. The van der Waals surface area contributed by atoms with E-state index in [0.717, 1.165) is 31.5 Å². The maximum atomic E-state index is 11.9. The Hall–Kier alpha value is -2.90. The number of nitro groups is 1. The summed E-state index contributed by atoms with van der Waals surface area (Å²) in [5, 5.41) is 15.1. The van der Waals surface area contributed by atoms with Gasteiger partial charge in [0.05, 0.1) is 4.92 Å². The summed E-state index contributed by atoms with van der Waals surface area (Å²) in [6.45, 7) is 6.17. The summed E-state index contributed by atoms with van der Waals surface area (Å²) in [6.07, 6.45) is 3.37. The number of anilines is 3. The fourth-order valence-electron chi connectivity index (χ4n) is 3.41. The van der Waals surface area contributed by atoms with Crippen LogP contribution in [0, 0.1) is 10.1 Å². The van der Waals surface area contributed by atoms with E-state index < -0.39 is 0 Å². The first-order valence-corrected chi connectivity index (χ1v) is 9.78. The number of aromatic nitrogens is 2. The molecule has 3 rings (SSSR count). The third kappa shape index (κ3) is 4.68. The number of benzene rings is 1. The Morgan fingerprint density at radius 2 is 1.86 bits per heavy atom. The first kappa shape index (κ1) is 19.9. The summed E-state index contributed by atoms with van der Waals surface area (Å²) in [6, 6.07) is 9.90. The van der Waals surface area contributed by atoms with Gasteiger partial charge in [-0.3, -0.25) is 10.1 Å². The number of hydrogen-bond donors (Lipinski definition) is 1. The van der Waals surface area contributed by atoms with Crippen LogP contribution in [0.3, 0.4) is 0 Å². The SMILES string of the molecule is CC(C)Nc1nc(N2CCCCC2)nc(N(C)Cc2ccccc2)c1[N+](=O)[O-]. The Labute approximate surface area is 165 Å². The van der Waals surface area contributed by atoms with E-state index in [2.05, 4.69) is 20.2 Å². The van der Waals surface area contributed by atoms with Gasteiger partial charge in [0.2, 0.25) is 17.6 Å². The lowest BCUT2D eigenvalue weighted by atomic mass is 10.1. The summed E-state index contributed by atoms with van der Waals surface area (Å²) >= 11 is 0. The second kappa shape index (κ2) is 8.86. The van der Waals surface area contributed by atoms with E-state index in [4.69, 9.17) is 0 Å². The van der Waals surface area contributed by atoms with E-state index in [1.165, 1.54) is 6.42 Å². The van der Waals surface area contributed by atoms with E-state index >= 15 is 0 Å². The van der Waals surface area contributed by atoms with Gasteiger partial charge in [-0.05, 0) is 38.7 Å². The standard InChI is InChI=1S/C20H28N6O2/c1-15(2)21-18-17(26(27)28)19(24(3)14-16-10-6-4-7-11-16)23-20(22-18)25-12-8-5-9-13-25/h4,6-7,10-11,15H,5,8-9,12-14H2,1-3H3,(H,21,22,23). The zero-order chi connectivity index (χ0) is 20.1. The van der Waals surface area contributed by atoms with Crippen molar-refractivity contribution >= 4 is 23.3 Å². The fraction of sp³-hybridized carbons (Fsp3) is 0.500. The maximum absolute atomic E-state index is 11.9. The molecule has 8 nitrogen and oxygen atoms in total. The first-order valence-electron chi connectivity index (χ1n) is 9.78. The van der Waals surface area contributed by atoms with Crippen molar-refractivity contribution in [3.8, 4) is 0 Å². The van der Waals surface area contributed by atoms with Crippen LogP contribution in [0.1, 0.15) is 38.7 Å². The normalized spacial score (nSPS) is 14.2. The monoisotopic (exact) mass is 384 g/mol.